The number of hydrogen-bond donors (Lipinski definition) is 2. The Kier molecular flexibility index (Phi) is 3.72. The molecule has 1 atom stereocenters. The van der Waals surface area contributed by atoms with E-state index in [1.165, 1.54) is 6.66 Å². The molecule has 66 valence electrons. The normalized spacial score (nSPS) is 16.1. The lowest BCUT2D eigenvalue weighted by atomic mass is 10.5. The van der Waals surface area contributed by atoms with Gasteiger partial charge >= 0.3 is 5.65 Å². The zero-order valence-corrected chi connectivity index (χ0v) is 7.72. The second kappa shape index (κ2) is 3.85. The highest BCUT2D eigenvalue weighted by molar-refractivity contribution is 7.75. The average Bonchev–Trinajstić information content (AvgIpc) is 1.83. The molecule has 0 aromatic heterocycles. The highest BCUT2D eigenvalue weighted by Crippen LogP contribution is 2.43. The van der Waals surface area contributed by atoms with E-state index in [1.807, 2.05) is 0 Å². The van der Waals surface area contributed by atoms with Crippen molar-refractivity contribution in [3.05, 3.63) is 0 Å². The van der Waals surface area contributed by atoms with Crippen molar-refractivity contribution in [2.24, 2.45) is 5.84 Å². The topological polar surface area (TPSA) is 81.4 Å². The summed E-state index contributed by atoms with van der Waals surface area (Å²) in [6.07, 6.45) is -0.247. The van der Waals surface area contributed by atoms with Crippen LogP contribution in [0.5, 0.6) is 0 Å². The van der Waals surface area contributed by atoms with Crippen LogP contribution >= 0.6 is 7.37 Å². The van der Waals surface area contributed by atoms with Gasteiger partial charge in [0.1, 0.15) is 0 Å². The molecule has 0 saturated heterocycles. The minimum Gasteiger partial charge on any atom is -0.319 e. The van der Waals surface area contributed by atoms with Gasteiger partial charge in [-0.05, 0) is 13.8 Å². The third-order valence-corrected chi connectivity index (χ3v) is 2.60. The maximum Gasteiger partial charge on any atom is 0.319 e. The zero-order valence-electron chi connectivity index (χ0n) is 6.83. The van der Waals surface area contributed by atoms with Crippen LogP contribution in [-0.2, 0) is 9.09 Å². The molecule has 11 heavy (non-hydrogen) atoms. The first-order chi connectivity index (χ1) is 4.90. The summed E-state index contributed by atoms with van der Waals surface area (Å²) >= 11 is 0. The molecule has 3 N–H and O–H groups in total. The smallest absolute Gasteiger partial charge is 0.319 e. The van der Waals surface area contributed by atoms with Crippen LogP contribution in [0.3, 0.4) is 0 Å². The lowest BCUT2D eigenvalue weighted by molar-refractivity contribution is 0.229. The maximum atomic E-state index is 11.2. The Bertz CT molecular complexity index is 192. The highest BCUT2D eigenvalue weighted by Gasteiger charge is 2.26. The quantitative estimate of drug-likeness (QED) is 0.292. The van der Waals surface area contributed by atoms with E-state index in [9.17, 15) is 9.36 Å². The molecule has 0 aromatic carbocycles. The van der Waals surface area contributed by atoms with Gasteiger partial charge in [-0.3, -0.25) is 14.8 Å². The minimum atomic E-state index is -3.21. The van der Waals surface area contributed by atoms with Gasteiger partial charge in [0.05, 0.1) is 6.10 Å². The molecular weight excluding hydrogens is 167 g/mol. The van der Waals surface area contributed by atoms with Crippen molar-refractivity contribution >= 4 is 13.0 Å². The van der Waals surface area contributed by atoms with Crippen molar-refractivity contribution < 1.29 is 13.9 Å². The molecule has 0 aliphatic rings. The van der Waals surface area contributed by atoms with Gasteiger partial charge < -0.3 is 4.52 Å². The van der Waals surface area contributed by atoms with Crippen molar-refractivity contribution in [2.75, 3.05) is 6.66 Å². The molecule has 0 heterocycles. The number of amides is 1. The van der Waals surface area contributed by atoms with Crippen LogP contribution in [0.15, 0.2) is 0 Å². The summed E-state index contributed by atoms with van der Waals surface area (Å²) in [6, 6.07) is 0. The van der Waals surface area contributed by atoms with E-state index in [0.717, 1.165) is 0 Å². The predicted octanol–water partition coefficient (Wildman–Crippen LogP) is 0.903. The Morgan fingerprint density at radius 1 is 1.64 bits per heavy atom. The molecule has 1 amide bonds. The molecule has 0 bridgehead atoms. The first-order valence-electron chi connectivity index (χ1n) is 3.17. The van der Waals surface area contributed by atoms with Crippen LogP contribution in [-0.4, -0.2) is 18.4 Å². The standard InChI is InChI=1S/C5H13N2O3P/c1-4(2)10-11(3,9)5(8)7-6/h4H,6H2,1-3H3,(H,7,8)/t11-/m0/s1. The second-order valence-corrected chi connectivity index (χ2v) is 4.76. The molecule has 0 aliphatic heterocycles. The zero-order chi connectivity index (χ0) is 9.07. The first kappa shape index (κ1) is 10.6. The van der Waals surface area contributed by atoms with E-state index in [-0.39, 0.29) is 6.10 Å². The van der Waals surface area contributed by atoms with Crippen molar-refractivity contribution in [3.63, 3.8) is 0 Å². The molecule has 0 fully saturated rings. The van der Waals surface area contributed by atoms with Crippen LogP contribution in [0.1, 0.15) is 13.8 Å². The van der Waals surface area contributed by atoms with Crippen LogP contribution in [0.4, 0.5) is 4.79 Å². The first-order valence-corrected chi connectivity index (χ1v) is 5.24. The minimum absolute atomic E-state index is 0.247. The average molecular weight is 180 g/mol. The lowest BCUT2D eigenvalue weighted by Gasteiger charge is -2.13. The second-order valence-electron chi connectivity index (χ2n) is 2.45. The van der Waals surface area contributed by atoms with Crippen LogP contribution in [0.2, 0.25) is 0 Å². The van der Waals surface area contributed by atoms with Crippen LogP contribution in [0.25, 0.3) is 0 Å². The number of carbonyl (C=O) groups excluding carboxylic acids is 1. The fourth-order valence-corrected chi connectivity index (χ4v) is 1.70. The van der Waals surface area contributed by atoms with Gasteiger partial charge in [0.25, 0.3) is 7.37 Å². The summed E-state index contributed by atoms with van der Waals surface area (Å²) in [5, 5.41) is 0. The number of rotatable bonds is 3. The van der Waals surface area contributed by atoms with E-state index in [2.05, 4.69) is 0 Å². The predicted molar refractivity (Wildman–Crippen MR) is 42.5 cm³/mol. The SMILES string of the molecule is CC(C)O[P@](C)(=O)C(=O)NN. The third kappa shape index (κ3) is 3.51. The Morgan fingerprint density at radius 2 is 2.09 bits per heavy atom. The lowest BCUT2D eigenvalue weighted by Crippen LogP contribution is -2.29. The van der Waals surface area contributed by atoms with E-state index >= 15 is 0 Å². The van der Waals surface area contributed by atoms with Crippen molar-refractivity contribution in [1.29, 1.82) is 0 Å². The van der Waals surface area contributed by atoms with Gasteiger partial charge in [-0.1, -0.05) is 0 Å². The van der Waals surface area contributed by atoms with Gasteiger partial charge in [0, 0.05) is 6.66 Å². The summed E-state index contributed by atoms with van der Waals surface area (Å²) < 4.78 is 16.1. The molecule has 0 unspecified atom stereocenters. The number of nitrogens with two attached hydrogens (primary N) is 1. The third-order valence-electron chi connectivity index (χ3n) is 0.904. The molecule has 0 saturated carbocycles. The summed E-state index contributed by atoms with van der Waals surface area (Å²) in [5.74, 6) is 4.78. The largest absolute Gasteiger partial charge is 0.319 e. The molecule has 6 heteroatoms. The number of carbonyl (C=O) groups is 1. The van der Waals surface area contributed by atoms with Gasteiger partial charge in [0.15, 0.2) is 0 Å². The summed E-state index contributed by atoms with van der Waals surface area (Å²) in [7, 11) is -3.21. The molecule has 0 aromatic rings. The van der Waals surface area contributed by atoms with Gasteiger partial charge in [-0.25, -0.2) is 5.84 Å². The number of nitrogens with one attached hydrogen (secondary N) is 1. The Morgan fingerprint density at radius 3 is 2.36 bits per heavy atom. The van der Waals surface area contributed by atoms with Crippen molar-refractivity contribution in [3.8, 4) is 0 Å². The van der Waals surface area contributed by atoms with E-state index in [4.69, 9.17) is 10.4 Å². The number of hydrazine groups is 1. The van der Waals surface area contributed by atoms with Crippen LogP contribution in [0, 0.1) is 0 Å². The van der Waals surface area contributed by atoms with E-state index < -0.39 is 13.0 Å². The fourth-order valence-electron chi connectivity index (χ4n) is 0.567. The molecule has 0 aliphatic carbocycles. The summed E-state index contributed by atoms with van der Waals surface area (Å²) in [5.41, 5.74) is 1.03. The number of hydrogen-bond acceptors (Lipinski definition) is 4. The molecule has 0 radical (unpaired) electrons. The Balaban J connectivity index is 4.23. The Hall–Kier alpha value is -0.380. The van der Waals surface area contributed by atoms with E-state index in [0.29, 0.717) is 0 Å². The van der Waals surface area contributed by atoms with Gasteiger partial charge in [-0.15, -0.1) is 0 Å². The molecule has 0 spiro atoms. The molecule has 0 rings (SSSR count). The molecule has 5 nitrogen and oxygen atoms in total. The monoisotopic (exact) mass is 180 g/mol. The maximum absolute atomic E-state index is 11.2. The van der Waals surface area contributed by atoms with Crippen molar-refractivity contribution in [1.82, 2.24) is 5.43 Å². The van der Waals surface area contributed by atoms with Gasteiger partial charge in [-0.2, -0.15) is 0 Å². The summed E-state index contributed by atoms with van der Waals surface area (Å²) in [6.45, 7) is 4.62. The summed E-state index contributed by atoms with van der Waals surface area (Å²) in [4.78, 5) is 10.7. The Labute approximate surface area is 65.7 Å². The molecular formula is C5H13N2O3P. The van der Waals surface area contributed by atoms with Crippen LogP contribution < -0.4 is 11.3 Å². The van der Waals surface area contributed by atoms with Gasteiger partial charge in [0.2, 0.25) is 0 Å². The van der Waals surface area contributed by atoms with Crippen molar-refractivity contribution in [2.45, 2.75) is 20.0 Å². The highest BCUT2D eigenvalue weighted by atomic mass is 31.2. The van der Waals surface area contributed by atoms with E-state index in [1.54, 1.807) is 19.3 Å². The fraction of sp³-hybridized carbons (Fsp3) is 0.800.